The molecule has 0 aliphatic carbocycles. The molecule has 0 N–H and O–H groups in total. The molecule has 1 atom stereocenters. The number of hydrogen-bond donors (Lipinski definition) is 0. The van der Waals surface area contributed by atoms with Crippen molar-refractivity contribution in [3.05, 3.63) is 0 Å². The van der Waals surface area contributed by atoms with E-state index in [1.807, 2.05) is 4.90 Å². The molecular weight excluding hydrogens is 242 g/mol. The SMILES string of the molecule is CCC(C)N(CC)C(=O)CCCCBr. The van der Waals surface area contributed by atoms with Gasteiger partial charge in [0, 0.05) is 24.3 Å². The number of amides is 1. The third kappa shape index (κ3) is 4.99. The Kier molecular flexibility index (Phi) is 8.24. The van der Waals surface area contributed by atoms with E-state index in [9.17, 15) is 4.79 Å². The molecule has 3 heteroatoms. The van der Waals surface area contributed by atoms with E-state index in [-0.39, 0.29) is 0 Å². The van der Waals surface area contributed by atoms with Crippen LogP contribution in [0.4, 0.5) is 0 Å². The lowest BCUT2D eigenvalue weighted by molar-refractivity contribution is -0.133. The van der Waals surface area contributed by atoms with E-state index in [1.165, 1.54) is 0 Å². The molecule has 0 bridgehead atoms. The van der Waals surface area contributed by atoms with Crippen molar-refractivity contribution in [1.82, 2.24) is 4.90 Å². The molecule has 0 fully saturated rings. The molecule has 1 unspecified atom stereocenters. The molecule has 84 valence electrons. The fourth-order valence-electron chi connectivity index (χ4n) is 1.47. The highest BCUT2D eigenvalue weighted by Crippen LogP contribution is 2.08. The summed E-state index contributed by atoms with van der Waals surface area (Å²) in [4.78, 5) is 13.7. The first-order chi connectivity index (χ1) is 6.67. The Balaban J connectivity index is 3.91. The summed E-state index contributed by atoms with van der Waals surface area (Å²) >= 11 is 3.37. The second-order valence-electron chi connectivity index (χ2n) is 3.58. The van der Waals surface area contributed by atoms with Gasteiger partial charge in [-0.05, 0) is 33.1 Å². The van der Waals surface area contributed by atoms with Gasteiger partial charge in [-0.25, -0.2) is 0 Å². The standard InChI is InChI=1S/C11H22BrNO/c1-4-10(3)13(5-2)11(14)8-6-7-9-12/h10H,4-9H2,1-3H3. The smallest absolute Gasteiger partial charge is 0.222 e. The summed E-state index contributed by atoms with van der Waals surface area (Å²) in [6.07, 6.45) is 3.82. The summed E-state index contributed by atoms with van der Waals surface area (Å²) in [6, 6.07) is 0.386. The summed E-state index contributed by atoms with van der Waals surface area (Å²) in [5.41, 5.74) is 0. The minimum atomic E-state index is 0.308. The Morgan fingerprint density at radius 2 is 2.00 bits per heavy atom. The van der Waals surface area contributed by atoms with Gasteiger partial charge in [-0.3, -0.25) is 4.79 Å². The van der Waals surface area contributed by atoms with Crippen molar-refractivity contribution >= 4 is 21.8 Å². The van der Waals surface area contributed by atoms with Crippen LogP contribution in [0.1, 0.15) is 46.5 Å². The van der Waals surface area contributed by atoms with Crippen molar-refractivity contribution in [3.63, 3.8) is 0 Å². The molecule has 0 aromatic heterocycles. The van der Waals surface area contributed by atoms with Crippen molar-refractivity contribution in [3.8, 4) is 0 Å². The van der Waals surface area contributed by atoms with Crippen LogP contribution in [0, 0.1) is 0 Å². The Bertz CT molecular complexity index is 161. The van der Waals surface area contributed by atoms with E-state index >= 15 is 0 Å². The first-order valence-electron chi connectivity index (χ1n) is 5.52. The average Bonchev–Trinajstić information content (AvgIpc) is 2.19. The molecule has 0 aromatic rings. The predicted molar refractivity (Wildman–Crippen MR) is 64.8 cm³/mol. The minimum absolute atomic E-state index is 0.308. The van der Waals surface area contributed by atoms with Gasteiger partial charge in [-0.2, -0.15) is 0 Å². The van der Waals surface area contributed by atoms with Crippen LogP contribution in [0.15, 0.2) is 0 Å². The topological polar surface area (TPSA) is 20.3 Å². The van der Waals surface area contributed by atoms with Crippen LogP contribution in [0.5, 0.6) is 0 Å². The summed E-state index contributed by atoms with van der Waals surface area (Å²) in [5, 5.41) is 0.996. The molecule has 2 nitrogen and oxygen atoms in total. The third-order valence-corrected chi connectivity index (χ3v) is 3.12. The zero-order chi connectivity index (χ0) is 11.0. The molecule has 0 aromatic carbocycles. The fourth-order valence-corrected chi connectivity index (χ4v) is 1.87. The number of carbonyl (C=O) groups is 1. The predicted octanol–water partition coefficient (Wildman–Crippen LogP) is 3.20. The third-order valence-electron chi connectivity index (χ3n) is 2.56. The summed E-state index contributed by atoms with van der Waals surface area (Å²) < 4.78 is 0. The highest BCUT2D eigenvalue weighted by molar-refractivity contribution is 9.09. The molecule has 0 saturated heterocycles. The number of unbranched alkanes of at least 4 members (excludes halogenated alkanes) is 1. The molecule has 0 spiro atoms. The monoisotopic (exact) mass is 263 g/mol. The number of carbonyl (C=O) groups excluding carboxylic acids is 1. The van der Waals surface area contributed by atoms with Gasteiger partial charge in [-0.15, -0.1) is 0 Å². The lowest BCUT2D eigenvalue weighted by Crippen LogP contribution is -2.37. The molecule has 14 heavy (non-hydrogen) atoms. The van der Waals surface area contributed by atoms with E-state index < -0.39 is 0 Å². The van der Waals surface area contributed by atoms with Crippen molar-refractivity contribution in [2.24, 2.45) is 0 Å². The lowest BCUT2D eigenvalue weighted by Gasteiger charge is -2.27. The highest BCUT2D eigenvalue weighted by Gasteiger charge is 2.15. The van der Waals surface area contributed by atoms with Crippen LogP contribution in [-0.4, -0.2) is 28.7 Å². The van der Waals surface area contributed by atoms with Crippen LogP contribution in [-0.2, 0) is 4.79 Å². The van der Waals surface area contributed by atoms with Gasteiger partial charge >= 0.3 is 0 Å². The summed E-state index contributed by atoms with van der Waals surface area (Å²) in [6.45, 7) is 7.13. The zero-order valence-electron chi connectivity index (χ0n) is 9.55. The largest absolute Gasteiger partial charge is 0.340 e. The molecule has 0 heterocycles. The Labute approximate surface area is 96.2 Å². The molecule has 1 amide bonds. The van der Waals surface area contributed by atoms with Gasteiger partial charge in [0.25, 0.3) is 0 Å². The van der Waals surface area contributed by atoms with E-state index in [2.05, 4.69) is 36.7 Å². The van der Waals surface area contributed by atoms with E-state index in [4.69, 9.17) is 0 Å². The van der Waals surface area contributed by atoms with Gasteiger partial charge in [0.05, 0.1) is 0 Å². The number of hydrogen-bond acceptors (Lipinski definition) is 1. The second-order valence-corrected chi connectivity index (χ2v) is 4.38. The molecule has 0 aliphatic rings. The first-order valence-corrected chi connectivity index (χ1v) is 6.64. The average molecular weight is 264 g/mol. The maximum atomic E-state index is 11.8. The van der Waals surface area contributed by atoms with E-state index in [1.54, 1.807) is 0 Å². The molecule has 0 rings (SSSR count). The normalized spacial score (nSPS) is 12.6. The number of rotatable bonds is 7. The maximum absolute atomic E-state index is 11.8. The molecule has 0 aliphatic heterocycles. The second kappa shape index (κ2) is 8.27. The summed E-state index contributed by atoms with van der Waals surface area (Å²) in [5.74, 6) is 0.308. The minimum Gasteiger partial charge on any atom is -0.340 e. The van der Waals surface area contributed by atoms with Gasteiger partial charge in [0.2, 0.25) is 5.91 Å². The lowest BCUT2D eigenvalue weighted by atomic mass is 10.1. The van der Waals surface area contributed by atoms with E-state index in [0.29, 0.717) is 18.4 Å². The Morgan fingerprint density at radius 1 is 1.36 bits per heavy atom. The number of nitrogens with zero attached hydrogens (tertiary/aromatic N) is 1. The van der Waals surface area contributed by atoms with Crippen molar-refractivity contribution in [1.29, 1.82) is 0 Å². The van der Waals surface area contributed by atoms with Gasteiger partial charge in [0.1, 0.15) is 0 Å². The molecule has 0 radical (unpaired) electrons. The summed E-state index contributed by atoms with van der Waals surface area (Å²) in [7, 11) is 0. The molecular formula is C11H22BrNO. The van der Waals surface area contributed by atoms with Crippen LogP contribution in [0.3, 0.4) is 0 Å². The van der Waals surface area contributed by atoms with Crippen molar-refractivity contribution in [2.75, 3.05) is 11.9 Å². The Hall–Kier alpha value is -0.0500. The van der Waals surface area contributed by atoms with Gasteiger partial charge < -0.3 is 4.90 Å². The van der Waals surface area contributed by atoms with Crippen LogP contribution < -0.4 is 0 Å². The quantitative estimate of drug-likeness (QED) is 0.511. The number of halogens is 1. The zero-order valence-corrected chi connectivity index (χ0v) is 11.1. The highest BCUT2D eigenvalue weighted by atomic mass is 79.9. The van der Waals surface area contributed by atoms with Crippen LogP contribution >= 0.6 is 15.9 Å². The van der Waals surface area contributed by atoms with E-state index in [0.717, 1.165) is 31.1 Å². The Morgan fingerprint density at radius 3 is 2.43 bits per heavy atom. The van der Waals surface area contributed by atoms with Gasteiger partial charge in [0.15, 0.2) is 0 Å². The maximum Gasteiger partial charge on any atom is 0.222 e. The first kappa shape index (κ1) is 13.9. The van der Waals surface area contributed by atoms with Crippen LogP contribution in [0.25, 0.3) is 0 Å². The van der Waals surface area contributed by atoms with Gasteiger partial charge in [-0.1, -0.05) is 22.9 Å². The number of alkyl halides is 1. The molecule has 0 saturated carbocycles. The van der Waals surface area contributed by atoms with Crippen LogP contribution in [0.2, 0.25) is 0 Å². The van der Waals surface area contributed by atoms with Crippen molar-refractivity contribution < 1.29 is 4.79 Å². The fraction of sp³-hybridized carbons (Fsp3) is 0.909. The van der Waals surface area contributed by atoms with Crippen molar-refractivity contribution in [2.45, 2.75) is 52.5 Å².